The maximum Gasteiger partial charge on any atom is 0.573 e. The van der Waals surface area contributed by atoms with E-state index in [2.05, 4.69) is 10.8 Å². The number of rotatable bonds is 4. The van der Waals surface area contributed by atoms with E-state index in [4.69, 9.17) is 0 Å². The molecule has 4 rings (SSSR count). The predicted molar refractivity (Wildman–Crippen MR) is 115 cm³/mol. The number of allylic oxidation sites excluding steroid dienone is 2. The van der Waals surface area contributed by atoms with Crippen molar-refractivity contribution >= 4 is 16.6 Å². The lowest BCUT2D eigenvalue weighted by Crippen LogP contribution is -2.43. The minimum atomic E-state index is -4.90. The van der Waals surface area contributed by atoms with E-state index >= 15 is 0 Å². The van der Waals surface area contributed by atoms with Crippen molar-refractivity contribution < 1.29 is 31.1 Å². The van der Waals surface area contributed by atoms with Crippen LogP contribution in [0.2, 0.25) is 0 Å². The molecule has 1 aromatic carbocycles. The molecule has 2 heterocycles. The first-order chi connectivity index (χ1) is 16.0. The molecule has 1 fully saturated rings. The fourth-order valence-electron chi connectivity index (χ4n) is 4.86. The molecule has 1 saturated carbocycles. The monoisotopic (exact) mass is 483 g/mol. The number of nitrogens with zero attached hydrogens (tertiary/aromatic N) is 3. The number of benzene rings is 1. The average Bonchev–Trinajstić information content (AvgIpc) is 3.10. The third-order valence-corrected chi connectivity index (χ3v) is 6.45. The van der Waals surface area contributed by atoms with E-state index in [1.54, 1.807) is 16.7 Å². The highest BCUT2D eigenvalue weighted by Gasteiger charge is 2.42. The molecule has 1 aromatic heterocycles. The van der Waals surface area contributed by atoms with Gasteiger partial charge < -0.3 is 14.2 Å². The summed E-state index contributed by atoms with van der Waals surface area (Å²) in [6.07, 6.45) is -0.447. The molecular weight excluding hydrogens is 460 g/mol. The van der Waals surface area contributed by atoms with Gasteiger partial charge in [-0.05, 0) is 38.0 Å². The number of halogens is 6. The highest BCUT2D eigenvalue weighted by molar-refractivity contribution is 5.94. The van der Waals surface area contributed by atoms with Crippen LogP contribution in [-0.4, -0.2) is 34.6 Å². The Morgan fingerprint density at radius 3 is 2.41 bits per heavy atom. The van der Waals surface area contributed by atoms with Crippen LogP contribution < -0.4 is 4.74 Å². The van der Waals surface area contributed by atoms with E-state index in [9.17, 15) is 31.6 Å². The van der Waals surface area contributed by atoms with Crippen molar-refractivity contribution in [1.82, 2.24) is 9.47 Å². The molecule has 10 heteroatoms. The fraction of sp³-hybridized carbons (Fsp3) is 0.458. The summed E-state index contributed by atoms with van der Waals surface area (Å²) < 4.78 is 85.6. The summed E-state index contributed by atoms with van der Waals surface area (Å²) in [4.78, 5) is 1.18. The normalized spacial score (nSPS) is 18.6. The molecule has 0 spiro atoms. The Balaban J connectivity index is 1.97. The second kappa shape index (κ2) is 8.93. The highest BCUT2D eigenvalue weighted by Crippen LogP contribution is 2.43. The topological polar surface area (TPSA) is 41.2 Å². The quantitative estimate of drug-likeness (QED) is 0.437. The summed E-state index contributed by atoms with van der Waals surface area (Å²) in [5.41, 5.74) is 1.01. The first-order valence-electron chi connectivity index (χ1n) is 11.1. The van der Waals surface area contributed by atoms with Crippen molar-refractivity contribution in [2.45, 2.75) is 63.7 Å². The van der Waals surface area contributed by atoms with Gasteiger partial charge in [-0.15, -0.1) is 13.2 Å². The molecule has 2 aliphatic rings. The lowest BCUT2D eigenvalue weighted by Gasteiger charge is -2.36. The van der Waals surface area contributed by atoms with Crippen LogP contribution in [0.1, 0.15) is 56.3 Å². The summed E-state index contributed by atoms with van der Waals surface area (Å²) >= 11 is 0. The molecule has 182 valence electrons. The molecule has 1 aliphatic heterocycles. The van der Waals surface area contributed by atoms with Gasteiger partial charge in [0.15, 0.2) is 0 Å². The Bertz CT molecular complexity index is 1160. The first kappa shape index (κ1) is 24.0. The van der Waals surface area contributed by atoms with Gasteiger partial charge in [-0.3, -0.25) is 0 Å². The summed E-state index contributed by atoms with van der Waals surface area (Å²) in [5.74, 6) is -0.441. The minimum Gasteiger partial charge on any atom is -0.406 e. The van der Waals surface area contributed by atoms with Crippen LogP contribution >= 0.6 is 0 Å². The second-order valence-electron chi connectivity index (χ2n) is 8.57. The predicted octanol–water partition coefficient (Wildman–Crippen LogP) is 7.08. The lowest BCUT2D eigenvalue weighted by molar-refractivity contribution is -0.274. The van der Waals surface area contributed by atoms with Gasteiger partial charge in [-0.2, -0.15) is 18.4 Å². The van der Waals surface area contributed by atoms with Gasteiger partial charge >= 0.3 is 12.5 Å². The molecule has 0 bridgehead atoms. The minimum absolute atomic E-state index is 0.00793. The zero-order chi connectivity index (χ0) is 24.7. The van der Waals surface area contributed by atoms with E-state index in [-0.39, 0.29) is 23.8 Å². The number of fused-ring (bicyclic) bond motifs is 1. The Labute approximate surface area is 192 Å². The Kier molecular flexibility index (Phi) is 6.32. The Hall–Kier alpha value is -3.09. The van der Waals surface area contributed by atoms with E-state index in [1.807, 2.05) is 0 Å². The van der Waals surface area contributed by atoms with Gasteiger partial charge in [0, 0.05) is 24.0 Å². The summed E-state index contributed by atoms with van der Waals surface area (Å²) in [6.45, 7) is 1.05. The zero-order valence-electron chi connectivity index (χ0n) is 18.4. The molecule has 0 radical (unpaired) electrons. The van der Waals surface area contributed by atoms with Gasteiger partial charge in [-0.1, -0.05) is 31.4 Å². The van der Waals surface area contributed by atoms with Gasteiger partial charge in [0.25, 0.3) is 0 Å². The maximum atomic E-state index is 13.7. The van der Waals surface area contributed by atoms with Crippen molar-refractivity contribution in [3.63, 3.8) is 0 Å². The molecule has 0 amide bonds. The number of ether oxygens (including phenoxy) is 1. The molecule has 0 unspecified atom stereocenters. The van der Waals surface area contributed by atoms with Crippen LogP contribution in [-0.2, 0) is 0 Å². The first-order valence-corrected chi connectivity index (χ1v) is 11.1. The van der Waals surface area contributed by atoms with Crippen LogP contribution in [0, 0.1) is 11.3 Å². The maximum absolute atomic E-state index is 13.7. The molecule has 0 saturated heterocycles. The summed E-state index contributed by atoms with van der Waals surface area (Å²) in [7, 11) is 0. The number of hydrogen-bond acceptors (Lipinski definition) is 3. The van der Waals surface area contributed by atoms with Crippen LogP contribution in [0.5, 0.6) is 5.75 Å². The summed E-state index contributed by atoms with van der Waals surface area (Å²) in [5, 5.41) is 10.4. The van der Waals surface area contributed by atoms with Crippen molar-refractivity contribution in [2.75, 3.05) is 6.54 Å². The number of aromatic nitrogens is 1. The van der Waals surface area contributed by atoms with Crippen LogP contribution in [0.3, 0.4) is 0 Å². The van der Waals surface area contributed by atoms with Crippen molar-refractivity contribution in [3.05, 3.63) is 47.7 Å². The van der Waals surface area contributed by atoms with E-state index in [1.165, 1.54) is 23.1 Å². The van der Waals surface area contributed by atoms with Crippen LogP contribution in [0.25, 0.3) is 16.6 Å². The second-order valence-corrected chi connectivity index (χ2v) is 8.57. The Morgan fingerprint density at radius 2 is 1.79 bits per heavy atom. The third-order valence-electron chi connectivity index (χ3n) is 6.45. The van der Waals surface area contributed by atoms with Crippen molar-refractivity contribution in [2.24, 2.45) is 0 Å². The molecular formula is C24H23F6N3O. The lowest BCUT2D eigenvalue weighted by atomic mass is 9.94. The largest absolute Gasteiger partial charge is 0.573 e. The van der Waals surface area contributed by atoms with E-state index in [0.717, 1.165) is 32.3 Å². The molecule has 34 heavy (non-hydrogen) atoms. The molecule has 0 N–H and O–H groups in total. The Morgan fingerprint density at radius 1 is 1.09 bits per heavy atom. The fourth-order valence-corrected chi connectivity index (χ4v) is 4.86. The number of hydrogen-bond donors (Lipinski definition) is 0. The standard InChI is InChI=1S/C24H23F6N3O/c1-15(23(25,26)27)32-12-6-5-9-20(32)22-19(14-31)18-11-10-17(34-24(28,29)30)13-21(18)33(22)16-7-3-2-4-8-16/h5-6,9-11,13,15-16H,2-4,7-8,12H2,1H3/t15-/m1/s1. The van der Waals surface area contributed by atoms with Gasteiger partial charge in [0.1, 0.15) is 17.9 Å². The van der Waals surface area contributed by atoms with Gasteiger partial charge in [0.05, 0.1) is 22.5 Å². The highest BCUT2D eigenvalue weighted by atomic mass is 19.4. The van der Waals surface area contributed by atoms with E-state index in [0.29, 0.717) is 29.4 Å². The van der Waals surface area contributed by atoms with Gasteiger partial charge in [0.2, 0.25) is 0 Å². The number of alkyl halides is 6. The zero-order valence-corrected chi connectivity index (χ0v) is 18.4. The third kappa shape index (κ3) is 4.61. The average molecular weight is 483 g/mol. The molecule has 2 aromatic rings. The summed E-state index contributed by atoms with van der Waals surface area (Å²) in [6, 6.07) is 3.83. The van der Waals surface area contributed by atoms with Crippen molar-refractivity contribution in [3.8, 4) is 11.8 Å². The van der Waals surface area contributed by atoms with Crippen molar-refractivity contribution in [1.29, 1.82) is 5.26 Å². The van der Waals surface area contributed by atoms with Gasteiger partial charge in [-0.25, -0.2) is 0 Å². The SMILES string of the molecule is C[C@@H](N1CC=CC=C1c1c(C#N)c2ccc(OC(F)(F)F)cc2n1C1CCCCC1)C(F)(F)F. The number of nitriles is 1. The van der Waals surface area contributed by atoms with E-state index < -0.39 is 24.3 Å². The smallest absolute Gasteiger partial charge is 0.406 e. The molecule has 1 aliphatic carbocycles. The van der Waals surface area contributed by atoms with Crippen LogP contribution in [0.15, 0.2) is 36.4 Å². The molecule has 1 atom stereocenters. The molecule has 4 nitrogen and oxygen atoms in total. The van der Waals surface area contributed by atoms with Crippen LogP contribution in [0.4, 0.5) is 26.3 Å².